The zero-order valence-electron chi connectivity index (χ0n) is 16.7. The maximum absolute atomic E-state index is 10.2. The van der Waals surface area contributed by atoms with Crippen LogP contribution in [0.2, 0.25) is 10.0 Å². The maximum Gasteiger partial charge on any atom is 0.0851 e. The zero-order chi connectivity index (χ0) is 20.1. The number of halogens is 2. The van der Waals surface area contributed by atoms with Crippen molar-refractivity contribution in [1.29, 1.82) is 5.26 Å². The standard InChI is InChI=1S/C24H28Cl2N2/c1-3-21(28(2)16-18-7-5-4-6-8-18)13-14-24(17-27,19-9-10-19)20-11-12-22(25)23(26)15-20/h4-8,11-12,15,19,21H,3,9-10,13-14,16H2,1-2H3. The van der Waals surface area contributed by atoms with Gasteiger partial charge >= 0.3 is 0 Å². The third kappa shape index (κ3) is 4.71. The molecule has 1 aliphatic carbocycles. The van der Waals surface area contributed by atoms with E-state index in [0.717, 1.165) is 44.2 Å². The van der Waals surface area contributed by atoms with Crippen LogP contribution in [0.3, 0.4) is 0 Å². The van der Waals surface area contributed by atoms with E-state index in [1.54, 1.807) is 0 Å². The Labute approximate surface area is 179 Å². The summed E-state index contributed by atoms with van der Waals surface area (Å²) in [6.45, 7) is 3.16. The average Bonchev–Trinajstić information content (AvgIpc) is 3.54. The van der Waals surface area contributed by atoms with Gasteiger partial charge in [0.15, 0.2) is 0 Å². The highest BCUT2D eigenvalue weighted by atomic mass is 35.5. The molecule has 28 heavy (non-hydrogen) atoms. The van der Waals surface area contributed by atoms with Gasteiger partial charge in [-0.1, -0.05) is 66.5 Å². The van der Waals surface area contributed by atoms with Crippen LogP contribution in [-0.4, -0.2) is 18.0 Å². The van der Waals surface area contributed by atoms with E-state index in [1.807, 2.05) is 18.2 Å². The Balaban J connectivity index is 1.75. The lowest BCUT2D eigenvalue weighted by molar-refractivity contribution is 0.201. The van der Waals surface area contributed by atoms with Crippen LogP contribution in [0.1, 0.15) is 50.2 Å². The molecule has 2 nitrogen and oxygen atoms in total. The summed E-state index contributed by atoms with van der Waals surface area (Å²) in [5, 5.41) is 11.3. The van der Waals surface area contributed by atoms with Gasteiger partial charge in [0.25, 0.3) is 0 Å². The molecule has 2 aromatic rings. The van der Waals surface area contributed by atoms with Gasteiger partial charge in [-0.15, -0.1) is 0 Å². The molecule has 3 rings (SSSR count). The van der Waals surface area contributed by atoms with Crippen LogP contribution in [0.5, 0.6) is 0 Å². The van der Waals surface area contributed by atoms with Crippen LogP contribution in [0, 0.1) is 17.2 Å². The molecule has 2 aromatic carbocycles. The minimum atomic E-state index is -0.463. The predicted octanol–water partition coefficient (Wildman–Crippen LogP) is 6.86. The number of hydrogen-bond donors (Lipinski definition) is 0. The Morgan fingerprint density at radius 2 is 1.86 bits per heavy atom. The molecule has 0 bridgehead atoms. The molecule has 4 heteroatoms. The molecule has 1 saturated carbocycles. The van der Waals surface area contributed by atoms with Gasteiger partial charge in [-0.05, 0) is 68.3 Å². The Hall–Kier alpha value is -1.53. The first kappa shape index (κ1) is 21.2. The number of nitrogens with zero attached hydrogens (tertiary/aromatic N) is 2. The molecule has 0 heterocycles. The average molecular weight is 415 g/mol. The Bertz CT molecular complexity index is 826. The lowest BCUT2D eigenvalue weighted by Crippen LogP contribution is -2.34. The monoisotopic (exact) mass is 414 g/mol. The fraction of sp³-hybridized carbons (Fsp3) is 0.458. The summed E-state index contributed by atoms with van der Waals surface area (Å²) in [4.78, 5) is 2.42. The van der Waals surface area contributed by atoms with E-state index in [1.165, 1.54) is 5.56 Å². The molecular weight excluding hydrogens is 387 g/mol. The van der Waals surface area contributed by atoms with Gasteiger partial charge in [-0.3, -0.25) is 4.90 Å². The van der Waals surface area contributed by atoms with E-state index in [-0.39, 0.29) is 0 Å². The largest absolute Gasteiger partial charge is 0.299 e. The predicted molar refractivity (Wildman–Crippen MR) is 118 cm³/mol. The number of rotatable bonds is 9. The van der Waals surface area contributed by atoms with Gasteiger partial charge in [-0.2, -0.15) is 5.26 Å². The fourth-order valence-electron chi connectivity index (χ4n) is 4.28. The maximum atomic E-state index is 10.2. The van der Waals surface area contributed by atoms with Crippen molar-refractivity contribution in [3.05, 3.63) is 69.7 Å². The van der Waals surface area contributed by atoms with Crippen molar-refractivity contribution in [2.45, 2.75) is 57.0 Å². The van der Waals surface area contributed by atoms with Crippen molar-refractivity contribution >= 4 is 23.2 Å². The Kier molecular flexibility index (Phi) is 7.05. The summed E-state index contributed by atoms with van der Waals surface area (Å²) >= 11 is 12.4. The molecule has 0 spiro atoms. The fourth-order valence-corrected chi connectivity index (χ4v) is 4.57. The second-order valence-corrected chi connectivity index (χ2v) is 8.80. The molecule has 0 radical (unpaired) electrons. The molecule has 2 unspecified atom stereocenters. The van der Waals surface area contributed by atoms with Crippen LogP contribution < -0.4 is 0 Å². The first-order chi connectivity index (χ1) is 13.5. The summed E-state index contributed by atoms with van der Waals surface area (Å²) in [5.41, 5.74) is 1.88. The van der Waals surface area contributed by atoms with Crippen LogP contribution >= 0.6 is 23.2 Å². The third-order valence-electron chi connectivity index (χ3n) is 6.15. The van der Waals surface area contributed by atoms with E-state index < -0.39 is 5.41 Å². The van der Waals surface area contributed by atoms with Crippen molar-refractivity contribution in [2.75, 3.05) is 7.05 Å². The topological polar surface area (TPSA) is 27.0 Å². The van der Waals surface area contributed by atoms with E-state index in [2.05, 4.69) is 55.3 Å². The van der Waals surface area contributed by atoms with Crippen molar-refractivity contribution in [1.82, 2.24) is 4.90 Å². The van der Waals surface area contributed by atoms with E-state index in [9.17, 15) is 5.26 Å². The third-order valence-corrected chi connectivity index (χ3v) is 6.89. The van der Waals surface area contributed by atoms with Gasteiger partial charge in [0.2, 0.25) is 0 Å². The van der Waals surface area contributed by atoms with Gasteiger partial charge in [0.05, 0.1) is 21.5 Å². The van der Waals surface area contributed by atoms with Crippen LogP contribution in [0.15, 0.2) is 48.5 Å². The van der Waals surface area contributed by atoms with Crippen LogP contribution in [0.4, 0.5) is 0 Å². The van der Waals surface area contributed by atoms with E-state index in [4.69, 9.17) is 23.2 Å². The number of nitriles is 1. The van der Waals surface area contributed by atoms with Gasteiger partial charge in [0, 0.05) is 12.6 Å². The van der Waals surface area contributed by atoms with Gasteiger partial charge < -0.3 is 0 Å². The van der Waals surface area contributed by atoms with Crippen molar-refractivity contribution in [2.24, 2.45) is 5.92 Å². The minimum Gasteiger partial charge on any atom is -0.299 e. The summed E-state index contributed by atoms with van der Waals surface area (Å²) in [6.07, 6.45) is 5.14. The molecule has 0 amide bonds. The molecule has 0 N–H and O–H groups in total. The molecule has 0 saturated heterocycles. The summed E-state index contributed by atoms with van der Waals surface area (Å²) < 4.78 is 0. The SMILES string of the molecule is CCC(CCC(C#N)(c1ccc(Cl)c(Cl)c1)C1CC1)N(C)Cc1ccccc1. The van der Waals surface area contributed by atoms with Crippen molar-refractivity contribution < 1.29 is 0 Å². The summed E-state index contributed by atoms with van der Waals surface area (Å²) in [7, 11) is 2.19. The highest BCUT2D eigenvalue weighted by Crippen LogP contribution is 2.51. The Morgan fingerprint density at radius 1 is 1.14 bits per heavy atom. The minimum absolute atomic E-state index is 0.423. The van der Waals surface area contributed by atoms with Crippen LogP contribution in [0.25, 0.3) is 0 Å². The molecule has 1 aliphatic rings. The zero-order valence-corrected chi connectivity index (χ0v) is 18.2. The number of hydrogen-bond acceptors (Lipinski definition) is 2. The molecule has 0 aromatic heterocycles. The highest BCUT2D eigenvalue weighted by molar-refractivity contribution is 6.42. The molecule has 148 valence electrons. The van der Waals surface area contributed by atoms with Crippen molar-refractivity contribution in [3.8, 4) is 6.07 Å². The van der Waals surface area contributed by atoms with E-state index >= 15 is 0 Å². The van der Waals surface area contributed by atoms with E-state index in [0.29, 0.717) is 22.0 Å². The molecule has 1 fully saturated rings. The molecule has 0 aliphatic heterocycles. The second-order valence-electron chi connectivity index (χ2n) is 7.99. The highest BCUT2D eigenvalue weighted by Gasteiger charge is 2.47. The Morgan fingerprint density at radius 3 is 2.43 bits per heavy atom. The first-order valence-corrected chi connectivity index (χ1v) is 10.9. The smallest absolute Gasteiger partial charge is 0.0851 e. The lowest BCUT2D eigenvalue weighted by atomic mass is 9.73. The summed E-state index contributed by atoms with van der Waals surface area (Å²) in [5.74, 6) is 0.423. The van der Waals surface area contributed by atoms with Gasteiger partial charge in [-0.25, -0.2) is 0 Å². The normalized spacial score (nSPS) is 17.1. The second kappa shape index (κ2) is 9.31. The molecule has 2 atom stereocenters. The number of benzene rings is 2. The lowest BCUT2D eigenvalue weighted by Gasteiger charge is -2.33. The van der Waals surface area contributed by atoms with Crippen LogP contribution in [-0.2, 0) is 12.0 Å². The first-order valence-electron chi connectivity index (χ1n) is 10.1. The van der Waals surface area contributed by atoms with Crippen molar-refractivity contribution in [3.63, 3.8) is 0 Å². The quantitative estimate of drug-likeness (QED) is 0.448. The molecular formula is C24H28Cl2N2. The van der Waals surface area contributed by atoms with Gasteiger partial charge in [0.1, 0.15) is 0 Å². The summed E-state index contributed by atoms with van der Waals surface area (Å²) in [6, 6.07) is 19.4.